The monoisotopic (exact) mass is 226 g/mol. The summed E-state index contributed by atoms with van der Waals surface area (Å²) < 4.78 is 0. The Morgan fingerprint density at radius 2 is 2.25 bits per heavy atom. The fourth-order valence-corrected chi connectivity index (χ4v) is 1.28. The first kappa shape index (κ1) is 12.8. The highest BCUT2D eigenvalue weighted by atomic mass is 16.1. The molecule has 1 rings (SSSR count). The highest BCUT2D eigenvalue weighted by Gasteiger charge is 2.22. The van der Waals surface area contributed by atoms with E-state index in [-0.39, 0.29) is 5.91 Å². The van der Waals surface area contributed by atoms with E-state index in [2.05, 4.69) is 22.5 Å². The van der Waals surface area contributed by atoms with Crippen LogP contribution in [0, 0.1) is 0 Å². The molecule has 0 saturated heterocycles. The molecule has 0 aromatic heterocycles. The zero-order chi connectivity index (χ0) is 11.8. The number of carbonyl (C=O) groups is 1. The Labute approximate surface area is 96.9 Å². The van der Waals surface area contributed by atoms with Gasteiger partial charge in [-0.1, -0.05) is 6.92 Å². The maximum Gasteiger partial charge on any atom is 0.220 e. The number of aliphatic imine (C=N–C) groups is 1. The summed E-state index contributed by atoms with van der Waals surface area (Å²) in [4.78, 5) is 15.4. The van der Waals surface area contributed by atoms with Crippen LogP contribution in [0.3, 0.4) is 0 Å². The molecule has 0 aromatic carbocycles. The Balaban J connectivity index is 1.95. The topological polar surface area (TPSA) is 79.5 Å². The molecule has 1 aliphatic rings. The number of hydrogen-bond donors (Lipinski definition) is 3. The Hall–Kier alpha value is -1.26. The van der Waals surface area contributed by atoms with Crippen molar-refractivity contribution >= 4 is 11.9 Å². The zero-order valence-corrected chi connectivity index (χ0v) is 9.96. The normalized spacial score (nSPS) is 15.9. The lowest BCUT2D eigenvalue weighted by Crippen LogP contribution is -2.33. The van der Waals surface area contributed by atoms with Gasteiger partial charge < -0.3 is 16.4 Å². The van der Waals surface area contributed by atoms with Crippen molar-refractivity contribution in [3.05, 3.63) is 0 Å². The molecule has 5 nitrogen and oxygen atoms in total. The molecule has 0 aliphatic heterocycles. The second-order valence-electron chi connectivity index (χ2n) is 4.14. The van der Waals surface area contributed by atoms with Crippen molar-refractivity contribution in [2.24, 2.45) is 10.7 Å². The van der Waals surface area contributed by atoms with Gasteiger partial charge in [-0.2, -0.15) is 0 Å². The van der Waals surface area contributed by atoms with Crippen molar-refractivity contribution < 1.29 is 4.79 Å². The molecule has 0 radical (unpaired) electrons. The maximum absolute atomic E-state index is 11.3. The highest BCUT2D eigenvalue weighted by molar-refractivity contribution is 5.78. The minimum atomic E-state index is 0.147. The summed E-state index contributed by atoms with van der Waals surface area (Å²) in [6, 6.07) is 0.455. The fourth-order valence-electron chi connectivity index (χ4n) is 1.28. The van der Waals surface area contributed by atoms with Gasteiger partial charge in [0.15, 0.2) is 5.96 Å². The molecule has 0 unspecified atom stereocenters. The largest absolute Gasteiger partial charge is 0.370 e. The highest BCUT2D eigenvalue weighted by Crippen LogP contribution is 2.18. The number of nitrogens with two attached hydrogens (primary N) is 1. The molecular weight excluding hydrogens is 204 g/mol. The number of carbonyl (C=O) groups excluding carboxylic acids is 1. The van der Waals surface area contributed by atoms with Gasteiger partial charge in [0.25, 0.3) is 0 Å². The average molecular weight is 226 g/mol. The van der Waals surface area contributed by atoms with Crippen molar-refractivity contribution in [2.75, 3.05) is 13.1 Å². The molecule has 16 heavy (non-hydrogen) atoms. The second-order valence-corrected chi connectivity index (χ2v) is 4.14. The van der Waals surface area contributed by atoms with Gasteiger partial charge in [-0.3, -0.25) is 9.79 Å². The van der Waals surface area contributed by atoms with Crippen molar-refractivity contribution in [3.8, 4) is 0 Å². The minimum Gasteiger partial charge on any atom is -0.370 e. The van der Waals surface area contributed by atoms with Gasteiger partial charge >= 0.3 is 0 Å². The van der Waals surface area contributed by atoms with E-state index >= 15 is 0 Å². The average Bonchev–Trinajstić information content (AvgIpc) is 3.05. The maximum atomic E-state index is 11.3. The smallest absolute Gasteiger partial charge is 0.220 e. The number of hydrogen-bond acceptors (Lipinski definition) is 2. The Morgan fingerprint density at radius 1 is 1.50 bits per heavy atom. The number of nitrogens with zero attached hydrogens (tertiary/aromatic N) is 1. The molecule has 0 atom stereocenters. The van der Waals surface area contributed by atoms with Crippen LogP contribution in [0.15, 0.2) is 4.99 Å². The molecular formula is C11H22N4O. The van der Waals surface area contributed by atoms with Gasteiger partial charge in [0.2, 0.25) is 5.91 Å². The Kier molecular flexibility index (Phi) is 5.67. The lowest BCUT2D eigenvalue weighted by Gasteiger charge is -2.05. The quantitative estimate of drug-likeness (QED) is 0.333. The molecule has 0 heterocycles. The standard InChI is InChI=1S/C11H22N4O/c1-2-7-13-11(12)14-8-3-4-10(16)15-9-5-6-9/h9H,2-8H2,1H3,(H,15,16)(H3,12,13,14). The van der Waals surface area contributed by atoms with Crippen LogP contribution in [0.25, 0.3) is 0 Å². The van der Waals surface area contributed by atoms with Crippen LogP contribution < -0.4 is 16.4 Å². The summed E-state index contributed by atoms with van der Waals surface area (Å²) in [5, 5.41) is 5.94. The Bertz CT molecular complexity index is 248. The first-order valence-electron chi connectivity index (χ1n) is 6.05. The Morgan fingerprint density at radius 3 is 2.88 bits per heavy atom. The van der Waals surface area contributed by atoms with Gasteiger partial charge in [0, 0.05) is 25.6 Å². The van der Waals surface area contributed by atoms with Crippen LogP contribution in [-0.4, -0.2) is 31.0 Å². The van der Waals surface area contributed by atoms with Crippen LogP contribution in [0.1, 0.15) is 39.0 Å². The molecule has 0 bridgehead atoms. The molecule has 1 saturated carbocycles. The van der Waals surface area contributed by atoms with Crippen molar-refractivity contribution in [3.63, 3.8) is 0 Å². The van der Waals surface area contributed by atoms with E-state index in [1.165, 1.54) is 0 Å². The van der Waals surface area contributed by atoms with E-state index in [0.717, 1.165) is 32.2 Å². The van der Waals surface area contributed by atoms with Crippen LogP contribution in [0.5, 0.6) is 0 Å². The van der Waals surface area contributed by atoms with Crippen molar-refractivity contribution in [1.82, 2.24) is 10.6 Å². The van der Waals surface area contributed by atoms with Crippen LogP contribution in [0.4, 0.5) is 0 Å². The first-order valence-corrected chi connectivity index (χ1v) is 6.05. The van der Waals surface area contributed by atoms with Gasteiger partial charge in [-0.15, -0.1) is 0 Å². The van der Waals surface area contributed by atoms with Crippen LogP contribution >= 0.6 is 0 Å². The van der Waals surface area contributed by atoms with Gasteiger partial charge in [0.05, 0.1) is 0 Å². The number of rotatable bonds is 7. The van der Waals surface area contributed by atoms with Crippen LogP contribution in [-0.2, 0) is 4.79 Å². The predicted molar refractivity (Wildman–Crippen MR) is 65.2 cm³/mol. The molecule has 4 N–H and O–H groups in total. The fraction of sp³-hybridized carbons (Fsp3) is 0.818. The third-order valence-electron chi connectivity index (χ3n) is 2.33. The molecule has 92 valence electrons. The first-order chi connectivity index (χ1) is 7.72. The summed E-state index contributed by atoms with van der Waals surface area (Å²) >= 11 is 0. The number of amides is 1. The van der Waals surface area contributed by atoms with E-state index in [1.54, 1.807) is 0 Å². The summed E-state index contributed by atoms with van der Waals surface area (Å²) in [5.74, 6) is 0.623. The van der Waals surface area contributed by atoms with Gasteiger partial charge in [0.1, 0.15) is 0 Å². The van der Waals surface area contributed by atoms with Crippen LogP contribution in [0.2, 0.25) is 0 Å². The lowest BCUT2D eigenvalue weighted by atomic mass is 10.3. The van der Waals surface area contributed by atoms with E-state index in [9.17, 15) is 4.79 Å². The number of nitrogens with one attached hydrogen (secondary N) is 2. The van der Waals surface area contributed by atoms with Crippen molar-refractivity contribution in [2.45, 2.75) is 45.1 Å². The van der Waals surface area contributed by atoms with E-state index in [0.29, 0.717) is 25.0 Å². The molecule has 0 aromatic rings. The van der Waals surface area contributed by atoms with E-state index in [1.807, 2.05) is 0 Å². The molecule has 1 amide bonds. The lowest BCUT2D eigenvalue weighted by molar-refractivity contribution is -0.121. The third-order valence-corrected chi connectivity index (χ3v) is 2.33. The second kappa shape index (κ2) is 7.09. The molecule has 1 aliphatic carbocycles. The summed E-state index contributed by atoms with van der Waals surface area (Å²) in [7, 11) is 0. The summed E-state index contributed by atoms with van der Waals surface area (Å²) in [5.41, 5.74) is 5.61. The van der Waals surface area contributed by atoms with E-state index < -0.39 is 0 Å². The third kappa shape index (κ3) is 6.27. The van der Waals surface area contributed by atoms with Crippen molar-refractivity contribution in [1.29, 1.82) is 0 Å². The summed E-state index contributed by atoms with van der Waals surface area (Å²) in [6.45, 7) is 3.51. The predicted octanol–water partition coefficient (Wildman–Crippen LogP) is 0.360. The van der Waals surface area contributed by atoms with Gasteiger partial charge in [-0.25, -0.2) is 0 Å². The number of guanidine groups is 1. The summed E-state index contributed by atoms with van der Waals surface area (Å²) in [6.07, 6.45) is 4.62. The SMILES string of the molecule is CCCN=C(N)NCCCC(=O)NC1CC1. The zero-order valence-electron chi connectivity index (χ0n) is 9.96. The minimum absolute atomic E-state index is 0.147. The molecule has 0 spiro atoms. The van der Waals surface area contributed by atoms with E-state index in [4.69, 9.17) is 5.73 Å². The molecule has 5 heteroatoms. The van der Waals surface area contributed by atoms with Gasteiger partial charge in [-0.05, 0) is 25.7 Å². The molecule has 1 fully saturated rings.